The number of aromatic nitrogens is 3. The van der Waals surface area contributed by atoms with Crippen LogP contribution in [0.1, 0.15) is 36.3 Å². The van der Waals surface area contributed by atoms with Crippen LogP contribution >= 0.6 is 0 Å². The van der Waals surface area contributed by atoms with Crippen LogP contribution < -0.4 is 4.74 Å². The molecule has 0 bridgehead atoms. The molecular weight excluding hydrogens is 254 g/mol. The maximum atomic E-state index is 9.37. The van der Waals surface area contributed by atoms with Gasteiger partial charge in [0.05, 0.1) is 18.9 Å². The zero-order valence-electron chi connectivity index (χ0n) is 12.2. The summed E-state index contributed by atoms with van der Waals surface area (Å²) in [5, 5.41) is 17.2. The van der Waals surface area contributed by atoms with Crippen molar-refractivity contribution in [2.75, 3.05) is 6.61 Å². The summed E-state index contributed by atoms with van der Waals surface area (Å²) in [7, 11) is 0. The topological polar surface area (TPSA) is 60.2 Å². The molecule has 1 unspecified atom stereocenters. The highest BCUT2D eigenvalue weighted by molar-refractivity contribution is 5.33. The van der Waals surface area contributed by atoms with Crippen molar-refractivity contribution in [3.8, 4) is 5.75 Å². The standard InChI is InChI=1S/C15H21N3O2/c1-11-5-6-14(9-12(11)2)20-8-4-7-18-10-15(13(3)19)16-17-18/h5-6,9-10,13,19H,4,7-8H2,1-3H3. The largest absolute Gasteiger partial charge is 0.494 e. The number of benzene rings is 1. The van der Waals surface area contributed by atoms with Crippen molar-refractivity contribution in [3.05, 3.63) is 41.2 Å². The lowest BCUT2D eigenvalue weighted by Crippen LogP contribution is -2.05. The molecule has 5 nitrogen and oxygen atoms in total. The van der Waals surface area contributed by atoms with E-state index in [1.807, 2.05) is 6.07 Å². The zero-order chi connectivity index (χ0) is 14.5. The van der Waals surface area contributed by atoms with Crippen molar-refractivity contribution in [1.29, 1.82) is 0 Å². The molecular formula is C15H21N3O2. The molecule has 1 aromatic carbocycles. The first-order chi connectivity index (χ1) is 9.56. The minimum atomic E-state index is -0.574. The molecule has 0 saturated carbocycles. The number of aliphatic hydroxyl groups is 1. The van der Waals surface area contributed by atoms with E-state index in [1.54, 1.807) is 17.8 Å². The average Bonchev–Trinajstić information content (AvgIpc) is 2.88. The van der Waals surface area contributed by atoms with Crippen LogP contribution in [0.3, 0.4) is 0 Å². The molecule has 1 aromatic heterocycles. The summed E-state index contributed by atoms with van der Waals surface area (Å²) in [6, 6.07) is 6.11. The van der Waals surface area contributed by atoms with Crippen LogP contribution in [0.4, 0.5) is 0 Å². The third kappa shape index (κ3) is 3.81. The van der Waals surface area contributed by atoms with Gasteiger partial charge in [-0.15, -0.1) is 5.10 Å². The SMILES string of the molecule is Cc1ccc(OCCCn2cc(C(C)O)nn2)cc1C. The van der Waals surface area contributed by atoms with Gasteiger partial charge in [0.15, 0.2) is 0 Å². The van der Waals surface area contributed by atoms with Crippen LogP contribution in [0.5, 0.6) is 5.75 Å². The van der Waals surface area contributed by atoms with Gasteiger partial charge >= 0.3 is 0 Å². The Morgan fingerprint density at radius 1 is 1.30 bits per heavy atom. The summed E-state index contributed by atoms with van der Waals surface area (Å²) in [5.74, 6) is 0.899. The summed E-state index contributed by atoms with van der Waals surface area (Å²) in [6.45, 7) is 7.20. The third-order valence-corrected chi connectivity index (χ3v) is 3.26. The van der Waals surface area contributed by atoms with E-state index in [9.17, 15) is 5.11 Å². The molecule has 1 atom stereocenters. The highest BCUT2D eigenvalue weighted by Gasteiger charge is 2.05. The second-order valence-corrected chi connectivity index (χ2v) is 5.03. The Bertz CT molecular complexity index is 564. The lowest BCUT2D eigenvalue weighted by Gasteiger charge is -2.08. The van der Waals surface area contributed by atoms with Crippen LogP contribution in [0.2, 0.25) is 0 Å². The van der Waals surface area contributed by atoms with E-state index in [0.717, 1.165) is 18.7 Å². The van der Waals surface area contributed by atoms with Crippen molar-refractivity contribution in [2.24, 2.45) is 0 Å². The molecule has 0 saturated heterocycles. The Labute approximate surface area is 119 Å². The monoisotopic (exact) mass is 275 g/mol. The molecule has 2 aromatic rings. The molecule has 0 fully saturated rings. The minimum absolute atomic E-state index is 0.574. The summed E-state index contributed by atoms with van der Waals surface area (Å²) >= 11 is 0. The van der Waals surface area contributed by atoms with Crippen LogP contribution in [-0.2, 0) is 6.54 Å². The molecule has 0 amide bonds. The van der Waals surface area contributed by atoms with Gasteiger partial charge in [-0.1, -0.05) is 11.3 Å². The number of nitrogens with zero attached hydrogens (tertiary/aromatic N) is 3. The molecule has 0 aliphatic carbocycles. The molecule has 0 aliphatic rings. The quantitative estimate of drug-likeness (QED) is 0.822. The number of hydrogen-bond acceptors (Lipinski definition) is 4. The molecule has 0 aliphatic heterocycles. The fraction of sp³-hybridized carbons (Fsp3) is 0.467. The van der Waals surface area contributed by atoms with E-state index in [4.69, 9.17) is 4.74 Å². The van der Waals surface area contributed by atoms with Gasteiger partial charge in [-0.05, 0) is 44.0 Å². The molecule has 5 heteroatoms. The van der Waals surface area contributed by atoms with E-state index < -0.39 is 6.10 Å². The number of aryl methyl sites for hydroxylation is 3. The third-order valence-electron chi connectivity index (χ3n) is 3.26. The Kier molecular flexibility index (Phi) is 4.74. The molecule has 108 valence electrons. The van der Waals surface area contributed by atoms with Gasteiger partial charge in [0.2, 0.25) is 0 Å². The predicted octanol–water partition coefficient (Wildman–Crippen LogP) is 2.42. The number of ether oxygens (including phenoxy) is 1. The molecule has 0 spiro atoms. The van der Waals surface area contributed by atoms with Crippen molar-refractivity contribution < 1.29 is 9.84 Å². The highest BCUT2D eigenvalue weighted by atomic mass is 16.5. The summed E-state index contributed by atoms with van der Waals surface area (Å²) in [5.41, 5.74) is 3.10. The van der Waals surface area contributed by atoms with Crippen molar-refractivity contribution in [2.45, 2.75) is 39.8 Å². The highest BCUT2D eigenvalue weighted by Crippen LogP contribution is 2.16. The molecule has 1 N–H and O–H groups in total. The Hall–Kier alpha value is -1.88. The number of hydrogen-bond donors (Lipinski definition) is 1. The first-order valence-electron chi connectivity index (χ1n) is 6.84. The van der Waals surface area contributed by atoms with Crippen LogP contribution in [-0.4, -0.2) is 26.7 Å². The smallest absolute Gasteiger partial charge is 0.119 e. The second-order valence-electron chi connectivity index (χ2n) is 5.03. The molecule has 2 rings (SSSR count). The van der Waals surface area contributed by atoms with Crippen LogP contribution in [0, 0.1) is 13.8 Å². The van der Waals surface area contributed by atoms with Gasteiger partial charge in [-0.2, -0.15) is 0 Å². The van der Waals surface area contributed by atoms with E-state index in [0.29, 0.717) is 12.3 Å². The summed E-state index contributed by atoms with van der Waals surface area (Å²) < 4.78 is 7.43. The van der Waals surface area contributed by atoms with Crippen molar-refractivity contribution in [1.82, 2.24) is 15.0 Å². The second kappa shape index (κ2) is 6.52. The minimum Gasteiger partial charge on any atom is -0.494 e. The summed E-state index contributed by atoms with van der Waals surface area (Å²) in [6.07, 6.45) is 2.03. The lowest BCUT2D eigenvalue weighted by molar-refractivity contribution is 0.194. The summed E-state index contributed by atoms with van der Waals surface area (Å²) in [4.78, 5) is 0. The van der Waals surface area contributed by atoms with Crippen LogP contribution in [0.15, 0.2) is 24.4 Å². The number of aliphatic hydroxyl groups excluding tert-OH is 1. The molecule has 0 radical (unpaired) electrons. The van der Waals surface area contributed by atoms with Gasteiger partial charge < -0.3 is 9.84 Å². The van der Waals surface area contributed by atoms with E-state index in [-0.39, 0.29) is 0 Å². The van der Waals surface area contributed by atoms with Gasteiger partial charge in [-0.3, -0.25) is 4.68 Å². The van der Waals surface area contributed by atoms with Gasteiger partial charge in [0.25, 0.3) is 0 Å². The van der Waals surface area contributed by atoms with Gasteiger partial charge in [0, 0.05) is 13.0 Å². The zero-order valence-corrected chi connectivity index (χ0v) is 12.2. The van der Waals surface area contributed by atoms with Gasteiger partial charge in [-0.25, -0.2) is 0 Å². The van der Waals surface area contributed by atoms with Crippen molar-refractivity contribution in [3.63, 3.8) is 0 Å². The molecule has 1 heterocycles. The fourth-order valence-corrected chi connectivity index (χ4v) is 1.83. The Morgan fingerprint density at radius 3 is 2.75 bits per heavy atom. The number of rotatable bonds is 6. The predicted molar refractivity (Wildman–Crippen MR) is 76.7 cm³/mol. The molecule has 20 heavy (non-hydrogen) atoms. The lowest BCUT2D eigenvalue weighted by atomic mass is 10.1. The first kappa shape index (κ1) is 14.5. The average molecular weight is 275 g/mol. The maximum absolute atomic E-state index is 9.37. The van der Waals surface area contributed by atoms with E-state index in [1.165, 1.54) is 11.1 Å². The van der Waals surface area contributed by atoms with Gasteiger partial charge in [0.1, 0.15) is 11.4 Å². The van der Waals surface area contributed by atoms with E-state index in [2.05, 4.69) is 36.3 Å². The van der Waals surface area contributed by atoms with Crippen LogP contribution in [0.25, 0.3) is 0 Å². The Morgan fingerprint density at radius 2 is 2.10 bits per heavy atom. The van der Waals surface area contributed by atoms with E-state index >= 15 is 0 Å². The van der Waals surface area contributed by atoms with Crippen molar-refractivity contribution >= 4 is 0 Å². The first-order valence-corrected chi connectivity index (χ1v) is 6.84. The Balaban J connectivity index is 1.76. The normalized spacial score (nSPS) is 12.4. The fourth-order valence-electron chi connectivity index (χ4n) is 1.83. The maximum Gasteiger partial charge on any atom is 0.119 e.